The first-order valence-electron chi connectivity index (χ1n) is 7.93. The molecule has 1 aromatic rings. The van der Waals surface area contributed by atoms with Crippen LogP contribution in [0.1, 0.15) is 38.5 Å². The van der Waals surface area contributed by atoms with Crippen LogP contribution in [-0.2, 0) is 14.3 Å². The summed E-state index contributed by atoms with van der Waals surface area (Å²) in [5, 5.41) is 1.05. The van der Waals surface area contributed by atoms with E-state index >= 15 is 0 Å². The number of carbonyl (C=O) groups is 2. The summed E-state index contributed by atoms with van der Waals surface area (Å²) in [6.45, 7) is 0. The van der Waals surface area contributed by atoms with Crippen LogP contribution in [0.2, 0.25) is 5.32 Å². The van der Waals surface area contributed by atoms with Crippen LogP contribution in [-0.4, -0.2) is 34.3 Å². The van der Waals surface area contributed by atoms with Crippen LogP contribution < -0.4 is 4.46 Å². The summed E-state index contributed by atoms with van der Waals surface area (Å²) < 4.78 is 6.49. The molecule has 3 nitrogen and oxygen atoms in total. The third-order valence-electron chi connectivity index (χ3n) is 4.70. The molecule has 2 atom stereocenters. The van der Waals surface area contributed by atoms with Crippen molar-refractivity contribution < 1.29 is 14.3 Å². The predicted molar refractivity (Wildman–Crippen MR) is 88.3 cm³/mol. The first-order chi connectivity index (χ1) is 10.7. The van der Waals surface area contributed by atoms with E-state index in [-0.39, 0.29) is 5.97 Å². The summed E-state index contributed by atoms with van der Waals surface area (Å²) in [5.41, 5.74) is -0.440. The van der Waals surface area contributed by atoms with Crippen LogP contribution in [0.3, 0.4) is 0 Å². The maximum atomic E-state index is 12.5. The van der Waals surface area contributed by atoms with Crippen LogP contribution in [0.25, 0.3) is 0 Å². The van der Waals surface area contributed by atoms with Gasteiger partial charge in [-0.1, -0.05) is 0 Å². The van der Waals surface area contributed by atoms with Crippen molar-refractivity contribution in [1.29, 1.82) is 0 Å². The van der Waals surface area contributed by atoms with Gasteiger partial charge in [-0.05, 0) is 0 Å². The van der Waals surface area contributed by atoms with Gasteiger partial charge in [0.1, 0.15) is 0 Å². The monoisotopic (exact) mass is 368 g/mol. The molecule has 0 N–H and O–H groups in total. The molecule has 1 fully saturated rings. The standard InChI is InChI=1S/C18H24O3Se/c1-21-17(20)18(12-7-13-19)11-6-5-8-15(18)14-22-16-9-3-2-4-10-16/h2-4,9-10,13,15H,5-8,11-12,14H2,1H3/t15-,18+/m1/s1. The molecule has 2 rings (SSSR count). The Labute approximate surface area is 139 Å². The number of ether oxygens (including phenoxy) is 1. The molecule has 0 saturated heterocycles. The average Bonchev–Trinajstić information content (AvgIpc) is 2.59. The number of aldehydes is 1. The van der Waals surface area contributed by atoms with Gasteiger partial charge in [-0.15, -0.1) is 0 Å². The van der Waals surface area contributed by atoms with Crippen molar-refractivity contribution >= 4 is 31.7 Å². The minimum atomic E-state index is -0.440. The van der Waals surface area contributed by atoms with Crippen molar-refractivity contribution in [3.8, 4) is 0 Å². The van der Waals surface area contributed by atoms with Gasteiger partial charge in [0.2, 0.25) is 0 Å². The molecular weight excluding hydrogens is 343 g/mol. The fourth-order valence-corrected chi connectivity index (χ4v) is 6.07. The fraction of sp³-hybridized carbons (Fsp3) is 0.556. The molecule has 0 radical (unpaired) electrons. The van der Waals surface area contributed by atoms with Crippen LogP contribution in [0.5, 0.6) is 0 Å². The molecule has 0 spiro atoms. The van der Waals surface area contributed by atoms with Crippen molar-refractivity contribution in [2.24, 2.45) is 11.3 Å². The van der Waals surface area contributed by atoms with E-state index in [4.69, 9.17) is 4.74 Å². The van der Waals surface area contributed by atoms with Gasteiger partial charge >= 0.3 is 139 Å². The third-order valence-corrected chi connectivity index (χ3v) is 7.17. The number of methoxy groups -OCH3 is 1. The van der Waals surface area contributed by atoms with E-state index in [1.165, 1.54) is 18.0 Å². The van der Waals surface area contributed by atoms with Gasteiger partial charge in [0.15, 0.2) is 0 Å². The molecule has 4 heteroatoms. The normalized spacial score (nSPS) is 24.7. The van der Waals surface area contributed by atoms with Gasteiger partial charge in [-0.3, -0.25) is 0 Å². The van der Waals surface area contributed by atoms with E-state index in [1.807, 2.05) is 6.07 Å². The van der Waals surface area contributed by atoms with Gasteiger partial charge in [-0.2, -0.15) is 0 Å². The molecule has 0 aliphatic heterocycles. The zero-order valence-corrected chi connectivity index (χ0v) is 14.8. The summed E-state index contributed by atoms with van der Waals surface area (Å²) in [6, 6.07) is 10.5. The predicted octanol–water partition coefficient (Wildman–Crippen LogP) is 2.76. The van der Waals surface area contributed by atoms with Gasteiger partial charge in [0, 0.05) is 0 Å². The van der Waals surface area contributed by atoms with Gasteiger partial charge < -0.3 is 0 Å². The Bertz CT molecular complexity index is 488. The molecule has 1 aromatic carbocycles. The van der Waals surface area contributed by atoms with Crippen molar-refractivity contribution in [2.75, 3.05) is 7.11 Å². The van der Waals surface area contributed by atoms with Crippen LogP contribution in [0, 0.1) is 11.3 Å². The molecule has 1 saturated carbocycles. The number of esters is 1. The summed E-state index contributed by atoms with van der Waals surface area (Å²) in [5.74, 6) is 0.233. The van der Waals surface area contributed by atoms with Crippen molar-refractivity contribution in [3.63, 3.8) is 0 Å². The van der Waals surface area contributed by atoms with Crippen LogP contribution >= 0.6 is 0 Å². The Morgan fingerprint density at radius 2 is 2.14 bits per heavy atom. The molecule has 22 heavy (non-hydrogen) atoms. The Hall–Kier alpha value is -1.12. The quantitative estimate of drug-likeness (QED) is 0.423. The number of benzene rings is 1. The summed E-state index contributed by atoms with van der Waals surface area (Å²) in [7, 11) is 1.47. The van der Waals surface area contributed by atoms with Crippen molar-refractivity contribution in [2.45, 2.75) is 43.8 Å². The van der Waals surface area contributed by atoms with E-state index in [2.05, 4.69) is 24.3 Å². The topological polar surface area (TPSA) is 43.4 Å². The molecular formula is C18H24O3Se. The number of hydrogen-bond donors (Lipinski definition) is 0. The van der Waals surface area contributed by atoms with E-state index in [9.17, 15) is 9.59 Å². The Balaban J connectivity index is 2.12. The zero-order valence-electron chi connectivity index (χ0n) is 13.1. The van der Waals surface area contributed by atoms with Gasteiger partial charge in [-0.25, -0.2) is 0 Å². The van der Waals surface area contributed by atoms with Crippen LogP contribution in [0.4, 0.5) is 0 Å². The van der Waals surface area contributed by atoms with Crippen molar-refractivity contribution in [3.05, 3.63) is 30.3 Å². The summed E-state index contributed by atoms with van der Waals surface area (Å²) >= 11 is 0.365. The zero-order chi connectivity index (χ0) is 15.8. The summed E-state index contributed by atoms with van der Waals surface area (Å²) in [6.07, 6.45) is 6.19. The molecule has 0 amide bonds. The SMILES string of the molecule is COC(=O)[C@]1(CCC=O)CCCC[C@@H]1C[Se]c1ccccc1. The second kappa shape index (κ2) is 8.50. The molecule has 0 aromatic heterocycles. The average molecular weight is 367 g/mol. The first kappa shape index (κ1) is 17.2. The van der Waals surface area contributed by atoms with E-state index < -0.39 is 5.41 Å². The number of rotatable bonds is 7. The van der Waals surface area contributed by atoms with Crippen LogP contribution in [0.15, 0.2) is 30.3 Å². The minimum absolute atomic E-state index is 0.108. The fourth-order valence-electron chi connectivity index (χ4n) is 3.49. The molecule has 0 heterocycles. The first-order valence-corrected chi connectivity index (χ1v) is 9.99. The molecule has 1 aliphatic carbocycles. The molecule has 0 unspecified atom stereocenters. The molecule has 0 bridgehead atoms. The number of hydrogen-bond acceptors (Lipinski definition) is 3. The van der Waals surface area contributed by atoms with Crippen molar-refractivity contribution in [1.82, 2.24) is 0 Å². The van der Waals surface area contributed by atoms with E-state index in [1.54, 1.807) is 0 Å². The second-order valence-electron chi connectivity index (χ2n) is 5.92. The van der Waals surface area contributed by atoms with Gasteiger partial charge in [0.05, 0.1) is 0 Å². The second-order valence-corrected chi connectivity index (χ2v) is 8.21. The van der Waals surface area contributed by atoms with E-state index in [0.29, 0.717) is 33.7 Å². The molecule has 1 aliphatic rings. The summed E-state index contributed by atoms with van der Waals surface area (Å²) in [4.78, 5) is 23.3. The molecule has 120 valence electrons. The Kier molecular flexibility index (Phi) is 6.66. The van der Waals surface area contributed by atoms with E-state index in [0.717, 1.165) is 30.9 Å². The van der Waals surface area contributed by atoms with Gasteiger partial charge in [0.25, 0.3) is 0 Å². The Morgan fingerprint density at radius 3 is 2.82 bits per heavy atom. The Morgan fingerprint density at radius 1 is 1.36 bits per heavy atom. The maximum absolute atomic E-state index is 12.5. The number of carbonyl (C=O) groups excluding carboxylic acids is 2. The third kappa shape index (κ3) is 3.99.